The topological polar surface area (TPSA) is 38.9 Å². The Labute approximate surface area is 236 Å². The molecule has 8 aromatic rings. The van der Waals surface area contributed by atoms with E-state index in [0.717, 1.165) is 66.4 Å². The highest BCUT2D eigenvalue weighted by molar-refractivity contribution is 6.12. The van der Waals surface area contributed by atoms with Gasteiger partial charge in [0.2, 0.25) is 0 Å². The fraction of sp³-hybridized carbons (Fsp3) is 0. The third-order valence-corrected chi connectivity index (χ3v) is 8.35. The molecule has 3 heterocycles. The van der Waals surface area contributed by atoms with Gasteiger partial charge in [0.25, 0.3) is 0 Å². The second-order valence-electron chi connectivity index (χ2n) is 10.6. The maximum absolute atomic E-state index is 6.45. The number of hydrogen-bond donors (Lipinski definition) is 0. The lowest BCUT2D eigenvalue weighted by Crippen LogP contribution is -2.00. The van der Waals surface area contributed by atoms with Gasteiger partial charge >= 0.3 is 0 Å². The van der Waals surface area contributed by atoms with Crippen LogP contribution >= 0.6 is 0 Å². The zero-order chi connectivity index (χ0) is 26.9. The minimum Gasteiger partial charge on any atom is -0.455 e. The number of rotatable bonds is 1. The molecule has 190 valence electrons. The largest absolute Gasteiger partial charge is 0.455 e. The first-order chi connectivity index (χ1) is 20.3. The highest BCUT2D eigenvalue weighted by atomic mass is 16.3. The van der Waals surface area contributed by atoms with Gasteiger partial charge in [-0.15, -0.1) is 0 Å². The summed E-state index contributed by atoms with van der Waals surface area (Å²) < 4.78 is 6.45. The Kier molecular flexibility index (Phi) is 4.61. The number of nitrogens with zero attached hydrogens (tertiary/aromatic N) is 2. The van der Waals surface area contributed by atoms with Crippen LogP contribution in [0.25, 0.3) is 88.6 Å². The zero-order valence-electron chi connectivity index (χ0n) is 22.0. The molecular formula is C38H22N2O. The van der Waals surface area contributed by atoms with Crippen molar-refractivity contribution in [2.45, 2.75) is 0 Å². The van der Waals surface area contributed by atoms with Crippen molar-refractivity contribution < 1.29 is 4.42 Å². The normalized spacial score (nSPS) is 11.9. The van der Waals surface area contributed by atoms with E-state index >= 15 is 0 Å². The molecule has 1 aliphatic carbocycles. The summed E-state index contributed by atoms with van der Waals surface area (Å²) >= 11 is 0. The third kappa shape index (κ3) is 3.20. The first-order valence-electron chi connectivity index (χ1n) is 13.8. The van der Waals surface area contributed by atoms with Crippen molar-refractivity contribution in [3.05, 3.63) is 134 Å². The summed E-state index contributed by atoms with van der Waals surface area (Å²) in [6, 6.07) is 42.8. The highest BCUT2D eigenvalue weighted by Crippen LogP contribution is 2.50. The lowest BCUT2D eigenvalue weighted by molar-refractivity contribution is 0.670. The molecular weight excluding hydrogens is 500 g/mol. The summed E-state index contributed by atoms with van der Waals surface area (Å²) in [7, 11) is 0. The summed E-state index contributed by atoms with van der Waals surface area (Å²) in [5, 5.41) is 2.26. The van der Waals surface area contributed by atoms with Crippen LogP contribution in [0.4, 0.5) is 0 Å². The van der Waals surface area contributed by atoms with E-state index in [0.29, 0.717) is 0 Å². The lowest BCUT2D eigenvalue weighted by Gasteiger charge is -2.24. The van der Waals surface area contributed by atoms with Crippen LogP contribution in [0, 0.1) is 0 Å². The molecule has 0 spiro atoms. The first kappa shape index (κ1) is 22.3. The summed E-state index contributed by atoms with van der Waals surface area (Å²) in [5.74, 6) is 0. The standard InChI is InChI=1S/C38H22N2O/c1-2-11-27-25(9-1)26-10-3-4-12-28(26)33-22-40-34-16-8-20-39-37(34)36(33)32-21-23(18-19-29(27)32)24-14-7-15-31-30-13-5-6-17-35(30)41-38(24)31/h1-22H. The van der Waals surface area contributed by atoms with Gasteiger partial charge in [-0.1, -0.05) is 97.1 Å². The van der Waals surface area contributed by atoms with E-state index in [1.807, 2.05) is 36.7 Å². The van der Waals surface area contributed by atoms with Crippen LogP contribution in [0.2, 0.25) is 0 Å². The summed E-state index contributed by atoms with van der Waals surface area (Å²) in [6.07, 6.45) is 3.88. The van der Waals surface area contributed by atoms with Crippen molar-refractivity contribution in [1.29, 1.82) is 0 Å². The fourth-order valence-electron chi connectivity index (χ4n) is 6.53. The molecule has 0 saturated carbocycles. The minimum absolute atomic E-state index is 0.883. The maximum atomic E-state index is 6.45. The molecule has 0 N–H and O–H groups in total. The van der Waals surface area contributed by atoms with E-state index in [-0.39, 0.29) is 0 Å². The molecule has 3 nitrogen and oxygen atoms in total. The van der Waals surface area contributed by atoms with Crippen LogP contribution < -0.4 is 0 Å². The molecule has 0 bridgehead atoms. The van der Waals surface area contributed by atoms with Crippen molar-refractivity contribution in [2.24, 2.45) is 0 Å². The monoisotopic (exact) mass is 522 g/mol. The molecule has 0 unspecified atom stereocenters. The van der Waals surface area contributed by atoms with Crippen molar-refractivity contribution in [2.75, 3.05) is 0 Å². The average Bonchev–Trinajstić information content (AvgIpc) is 3.42. The fourth-order valence-corrected chi connectivity index (χ4v) is 6.53. The van der Waals surface area contributed by atoms with Crippen molar-refractivity contribution >= 4 is 33.0 Å². The molecule has 3 aromatic heterocycles. The Balaban J connectivity index is 1.42. The molecule has 0 fully saturated rings. The van der Waals surface area contributed by atoms with Crippen LogP contribution in [0.15, 0.2) is 138 Å². The Morgan fingerprint density at radius 3 is 1.93 bits per heavy atom. The quantitative estimate of drug-likeness (QED) is 0.215. The van der Waals surface area contributed by atoms with Crippen LogP contribution in [-0.2, 0) is 0 Å². The summed E-state index contributed by atoms with van der Waals surface area (Å²) in [5.41, 5.74) is 15.0. The summed E-state index contributed by atoms with van der Waals surface area (Å²) in [6.45, 7) is 0. The molecule has 41 heavy (non-hydrogen) atoms. The number of furan rings is 1. The molecule has 3 heteroatoms. The third-order valence-electron chi connectivity index (χ3n) is 8.35. The first-order valence-corrected chi connectivity index (χ1v) is 13.8. The Morgan fingerprint density at radius 1 is 0.463 bits per heavy atom. The van der Waals surface area contributed by atoms with Gasteiger partial charge in [-0.05, 0) is 63.2 Å². The van der Waals surface area contributed by atoms with E-state index in [9.17, 15) is 0 Å². The average molecular weight is 523 g/mol. The SMILES string of the molecule is c1ccc2c(c1)-c1ccccc1-c1cnc3cccnc3c1-c1cc(-c3cccc4c3oc3ccccc34)ccc1-2. The van der Waals surface area contributed by atoms with Crippen molar-refractivity contribution in [3.8, 4) is 55.6 Å². The van der Waals surface area contributed by atoms with E-state index in [4.69, 9.17) is 14.4 Å². The van der Waals surface area contributed by atoms with E-state index in [1.54, 1.807) is 0 Å². The molecule has 1 aliphatic rings. The van der Waals surface area contributed by atoms with E-state index < -0.39 is 0 Å². The van der Waals surface area contributed by atoms with E-state index in [1.165, 1.54) is 22.3 Å². The van der Waals surface area contributed by atoms with Crippen molar-refractivity contribution in [1.82, 2.24) is 9.97 Å². The predicted octanol–water partition coefficient (Wildman–Crippen LogP) is 10.2. The maximum Gasteiger partial charge on any atom is 0.143 e. The molecule has 0 radical (unpaired) electrons. The summed E-state index contributed by atoms with van der Waals surface area (Å²) in [4.78, 5) is 9.76. The van der Waals surface area contributed by atoms with Crippen molar-refractivity contribution in [3.63, 3.8) is 0 Å². The lowest BCUT2D eigenvalue weighted by atomic mass is 9.80. The Hall–Kier alpha value is -5.54. The zero-order valence-corrected chi connectivity index (χ0v) is 22.0. The molecule has 0 atom stereocenters. The van der Waals surface area contributed by atoms with Crippen LogP contribution in [0.5, 0.6) is 0 Å². The molecule has 0 aliphatic heterocycles. The van der Waals surface area contributed by atoms with Gasteiger partial charge in [0.05, 0.1) is 11.0 Å². The molecule has 0 saturated heterocycles. The number of fused-ring (bicyclic) bond motifs is 13. The highest BCUT2D eigenvalue weighted by Gasteiger charge is 2.25. The van der Waals surface area contributed by atoms with Gasteiger partial charge in [-0.3, -0.25) is 9.97 Å². The molecule has 9 rings (SSSR count). The van der Waals surface area contributed by atoms with Gasteiger partial charge in [0, 0.05) is 39.9 Å². The second-order valence-corrected chi connectivity index (χ2v) is 10.6. The second kappa shape index (κ2) is 8.48. The van der Waals surface area contributed by atoms with Gasteiger partial charge in [0.15, 0.2) is 0 Å². The number of pyridine rings is 2. The molecule has 5 aromatic carbocycles. The number of benzene rings is 5. The van der Waals surface area contributed by atoms with Crippen LogP contribution in [0.1, 0.15) is 0 Å². The van der Waals surface area contributed by atoms with Gasteiger partial charge in [0.1, 0.15) is 11.2 Å². The van der Waals surface area contributed by atoms with E-state index in [2.05, 4.69) is 97.1 Å². The number of hydrogen-bond acceptors (Lipinski definition) is 3. The number of aromatic nitrogens is 2. The minimum atomic E-state index is 0.883. The Morgan fingerprint density at radius 2 is 1.12 bits per heavy atom. The number of para-hydroxylation sites is 2. The Bertz CT molecular complexity index is 2330. The smallest absolute Gasteiger partial charge is 0.143 e. The van der Waals surface area contributed by atoms with Crippen LogP contribution in [0.3, 0.4) is 0 Å². The van der Waals surface area contributed by atoms with Crippen LogP contribution in [-0.4, -0.2) is 9.97 Å². The van der Waals surface area contributed by atoms with Gasteiger partial charge < -0.3 is 4.42 Å². The predicted molar refractivity (Wildman–Crippen MR) is 168 cm³/mol. The molecule has 0 amide bonds. The van der Waals surface area contributed by atoms with Gasteiger partial charge in [-0.2, -0.15) is 0 Å². The van der Waals surface area contributed by atoms with Gasteiger partial charge in [-0.25, -0.2) is 0 Å².